The van der Waals surface area contributed by atoms with E-state index < -0.39 is 17.9 Å². The molecule has 1 N–H and O–H groups in total. The minimum Gasteiger partial charge on any atom is -0.481 e. The molecule has 1 aromatic heterocycles. The number of carboxylic acid groups (broad SMARTS) is 1. The number of aliphatic carboxylic acids is 1. The van der Waals surface area contributed by atoms with Crippen LogP contribution < -0.4 is 0 Å². The number of piperidine rings is 1. The fourth-order valence-corrected chi connectivity index (χ4v) is 3.40. The molecule has 1 aliphatic rings. The largest absolute Gasteiger partial charge is 0.481 e. The van der Waals surface area contributed by atoms with Crippen LogP contribution in [0.3, 0.4) is 0 Å². The average Bonchev–Trinajstić information content (AvgIpc) is 2.80. The molecule has 0 radical (unpaired) electrons. The van der Waals surface area contributed by atoms with Gasteiger partial charge in [0.1, 0.15) is 0 Å². The number of likely N-dealkylation sites (tertiary alicyclic amines) is 1. The quantitative estimate of drug-likeness (QED) is 0.910. The summed E-state index contributed by atoms with van der Waals surface area (Å²) in [6, 6.07) is -0.457. The summed E-state index contributed by atoms with van der Waals surface area (Å²) < 4.78 is 0. The van der Waals surface area contributed by atoms with Crippen LogP contribution in [0.15, 0.2) is 5.38 Å². The Balaban J connectivity index is 2.37. The van der Waals surface area contributed by atoms with Gasteiger partial charge in [0.2, 0.25) is 5.91 Å². The van der Waals surface area contributed by atoms with Crippen molar-refractivity contribution in [2.75, 3.05) is 7.05 Å². The predicted molar refractivity (Wildman–Crippen MR) is 76.7 cm³/mol. The molecule has 1 aromatic rings. The molecule has 0 saturated carbocycles. The molecule has 20 heavy (non-hydrogen) atoms. The highest BCUT2D eigenvalue weighted by atomic mass is 32.1. The van der Waals surface area contributed by atoms with Crippen molar-refractivity contribution in [1.29, 1.82) is 0 Å². The molecule has 5 nitrogen and oxygen atoms in total. The minimum absolute atomic E-state index is 0.0159. The van der Waals surface area contributed by atoms with Crippen molar-refractivity contribution in [1.82, 2.24) is 9.88 Å². The van der Waals surface area contributed by atoms with E-state index >= 15 is 0 Å². The van der Waals surface area contributed by atoms with Crippen LogP contribution in [0.4, 0.5) is 0 Å². The van der Waals surface area contributed by atoms with Crippen LogP contribution in [0, 0.1) is 5.92 Å². The standard InChI is InChI=1S/C14H20N2O3S/c1-14(2,3)13-15-9(7-20-13)11-8(12(18)19)5-6-10(17)16(11)4/h7-8,11H,5-6H2,1-4H3,(H,18,19). The van der Waals surface area contributed by atoms with Crippen molar-refractivity contribution in [3.8, 4) is 0 Å². The van der Waals surface area contributed by atoms with Crippen LogP contribution in [-0.4, -0.2) is 33.9 Å². The van der Waals surface area contributed by atoms with E-state index in [4.69, 9.17) is 0 Å². The van der Waals surface area contributed by atoms with E-state index in [0.717, 1.165) is 5.01 Å². The van der Waals surface area contributed by atoms with Crippen molar-refractivity contribution in [3.63, 3.8) is 0 Å². The molecule has 1 saturated heterocycles. The molecule has 2 atom stereocenters. The molecule has 1 amide bonds. The maximum Gasteiger partial charge on any atom is 0.309 e. The zero-order valence-electron chi connectivity index (χ0n) is 12.2. The van der Waals surface area contributed by atoms with Crippen molar-refractivity contribution < 1.29 is 14.7 Å². The topological polar surface area (TPSA) is 70.5 Å². The molecule has 0 bridgehead atoms. The molecule has 110 valence electrons. The third-order valence-corrected chi connectivity index (χ3v) is 4.93. The van der Waals surface area contributed by atoms with Crippen molar-refractivity contribution in [2.24, 2.45) is 5.92 Å². The Bertz CT molecular complexity index is 533. The van der Waals surface area contributed by atoms with E-state index in [-0.39, 0.29) is 11.3 Å². The van der Waals surface area contributed by atoms with Crippen molar-refractivity contribution >= 4 is 23.2 Å². The lowest BCUT2D eigenvalue weighted by molar-refractivity contribution is -0.151. The van der Waals surface area contributed by atoms with E-state index in [1.165, 1.54) is 16.2 Å². The van der Waals surface area contributed by atoms with E-state index in [9.17, 15) is 14.7 Å². The van der Waals surface area contributed by atoms with Gasteiger partial charge in [-0.2, -0.15) is 0 Å². The number of carbonyl (C=O) groups excluding carboxylic acids is 1. The van der Waals surface area contributed by atoms with Gasteiger partial charge in [-0.15, -0.1) is 11.3 Å². The highest BCUT2D eigenvalue weighted by Gasteiger charge is 2.40. The van der Waals surface area contributed by atoms with Crippen molar-refractivity contribution in [3.05, 3.63) is 16.1 Å². The second-order valence-corrected chi connectivity index (χ2v) is 7.12. The molecule has 2 heterocycles. The minimum atomic E-state index is -0.861. The first-order valence-corrected chi connectivity index (χ1v) is 7.54. The third-order valence-electron chi connectivity index (χ3n) is 3.64. The van der Waals surface area contributed by atoms with Crippen LogP contribution >= 0.6 is 11.3 Å². The molecule has 1 fully saturated rings. The van der Waals surface area contributed by atoms with Crippen LogP contribution in [0.5, 0.6) is 0 Å². The first kappa shape index (κ1) is 15.0. The normalized spacial score (nSPS) is 24.0. The van der Waals surface area contributed by atoms with E-state index in [1.54, 1.807) is 7.05 Å². The van der Waals surface area contributed by atoms with Gasteiger partial charge in [-0.25, -0.2) is 4.98 Å². The fraction of sp³-hybridized carbons (Fsp3) is 0.643. The van der Waals surface area contributed by atoms with Crippen LogP contribution in [-0.2, 0) is 15.0 Å². The summed E-state index contributed by atoms with van der Waals surface area (Å²) in [7, 11) is 1.66. The second-order valence-electron chi connectivity index (χ2n) is 6.26. The number of carboxylic acids is 1. The van der Waals surface area contributed by atoms with Crippen LogP contribution in [0.1, 0.15) is 50.4 Å². The van der Waals surface area contributed by atoms with Gasteiger partial charge < -0.3 is 10.0 Å². The van der Waals surface area contributed by atoms with Gasteiger partial charge in [0, 0.05) is 24.3 Å². The number of carbonyl (C=O) groups is 2. The molecule has 0 aromatic carbocycles. The van der Waals surface area contributed by atoms with E-state index in [2.05, 4.69) is 25.8 Å². The Morgan fingerprint density at radius 3 is 2.65 bits per heavy atom. The fourth-order valence-electron chi connectivity index (χ4n) is 2.47. The zero-order valence-corrected chi connectivity index (χ0v) is 13.0. The maximum atomic E-state index is 11.9. The lowest BCUT2D eigenvalue weighted by atomic mass is 9.87. The molecule has 2 unspecified atom stereocenters. The van der Waals surface area contributed by atoms with Crippen molar-refractivity contribution in [2.45, 2.75) is 45.1 Å². The maximum absolute atomic E-state index is 11.9. The van der Waals surface area contributed by atoms with Gasteiger partial charge >= 0.3 is 5.97 Å². The summed E-state index contributed by atoms with van der Waals surface area (Å²) in [6.07, 6.45) is 0.672. The number of rotatable bonds is 2. The van der Waals surface area contributed by atoms with Gasteiger partial charge in [0.25, 0.3) is 0 Å². The number of hydrogen-bond acceptors (Lipinski definition) is 4. The summed E-state index contributed by atoms with van der Waals surface area (Å²) >= 11 is 1.53. The van der Waals surface area contributed by atoms with E-state index in [1.807, 2.05) is 5.38 Å². The highest BCUT2D eigenvalue weighted by molar-refractivity contribution is 7.09. The monoisotopic (exact) mass is 296 g/mol. The summed E-state index contributed by atoms with van der Waals surface area (Å²) in [6.45, 7) is 6.21. The average molecular weight is 296 g/mol. The molecule has 0 spiro atoms. The molecular weight excluding hydrogens is 276 g/mol. The summed E-state index contributed by atoms with van der Waals surface area (Å²) in [5.41, 5.74) is 0.627. The number of hydrogen-bond donors (Lipinski definition) is 1. The van der Waals surface area contributed by atoms with Crippen LogP contribution in [0.25, 0.3) is 0 Å². The number of aromatic nitrogens is 1. The van der Waals surface area contributed by atoms with Gasteiger partial charge in [0.15, 0.2) is 0 Å². The summed E-state index contributed by atoms with van der Waals surface area (Å²) in [5.74, 6) is -1.45. The molecule has 6 heteroatoms. The molecular formula is C14H20N2O3S. The van der Waals surface area contributed by atoms with Gasteiger partial charge in [-0.1, -0.05) is 20.8 Å². The first-order chi connectivity index (χ1) is 9.21. The Hall–Kier alpha value is -1.43. The molecule has 1 aliphatic heterocycles. The molecule has 2 rings (SSSR count). The number of nitrogens with zero attached hydrogens (tertiary/aromatic N) is 2. The Labute approximate surface area is 122 Å². The summed E-state index contributed by atoms with van der Waals surface area (Å²) in [4.78, 5) is 29.4. The highest BCUT2D eigenvalue weighted by Crippen LogP contribution is 2.37. The first-order valence-electron chi connectivity index (χ1n) is 6.66. The van der Waals surface area contributed by atoms with E-state index in [0.29, 0.717) is 18.5 Å². The van der Waals surface area contributed by atoms with Crippen LogP contribution in [0.2, 0.25) is 0 Å². The molecule has 0 aliphatic carbocycles. The Kier molecular flexibility index (Phi) is 3.86. The SMILES string of the molecule is CN1C(=O)CCC(C(=O)O)C1c1csc(C(C)(C)C)n1. The van der Waals surface area contributed by atoms with Gasteiger partial charge in [-0.3, -0.25) is 9.59 Å². The third kappa shape index (κ3) is 2.70. The van der Waals surface area contributed by atoms with Gasteiger partial charge in [-0.05, 0) is 6.42 Å². The summed E-state index contributed by atoms with van der Waals surface area (Å²) in [5, 5.41) is 12.2. The lowest BCUT2D eigenvalue weighted by Gasteiger charge is -2.36. The second kappa shape index (κ2) is 5.16. The lowest BCUT2D eigenvalue weighted by Crippen LogP contribution is -2.43. The smallest absolute Gasteiger partial charge is 0.309 e. The Morgan fingerprint density at radius 2 is 2.15 bits per heavy atom. The van der Waals surface area contributed by atoms with Gasteiger partial charge in [0.05, 0.1) is 22.7 Å². The zero-order chi connectivity index (χ0) is 15.1. The number of thiazole rings is 1. The predicted octanol–water partition coefficient (Wildman–Crippen LogP) is 2.43. The number of amides is 1. The Morgan fingerprint density at radius 1 is 1.50 bits per heavy atom.